The maximum absolute atomic E-state index is 11.4. The zero-order valence-electron chi connectivity index (χ0n) is 18.5. The van der Waals surface area contributed by atoms with Gasteiger partial charge in [-0.1, -0.05) is 73.0 Å². The van der Waals surface area contributed by atoms with E-state index in [0.717, 1.165) is 41.6 Å². The Hall–Kier alpha value is -2.26. The third-order valence-corrected chi connectivity index (χ3v) is 8.66. The molecule has 0 bridgehead atoms. The van der Waals surface area contributed by atoms with E-state index in [0.29, 0.717) is 16.3 Å². The molecule has 1 heterocycles. The van der Waals surface area contributed by atoms with Crippen molar-refractivity contribution >= 4 is 23.5 Å². The van der Waals surface area contributed by atoms with Crippen LogP contribution in [0.4, 0.5) is 0 Å². The van der Waals surface area contributed by atoms with Crippen molar-refractivity contribution in [2.24, 2.45) is 0 Å². The van der Waals surface area contributed by atoms with Gasteiger partial charge in [-0.3, -0.25) is 0 Å². The first-order valence-electron chi connectivity index (χ1n) is 11.0. The van der Waals surface area contributed by atoms with Gasteiger partial charge in [0.15, 0.2) is 0 Å². The largest absolute Gasteiger partial charge is 0.388 e. The highest BCUT2D eigenvalue weighted by Gasteiger charge is 2.38. The smallest absolute Gasteiger partial charge is 0.115 e. The molecule has 1 aliphatic carbocycles. The number of nitriles is 1. The Morgan fingerprint density at radius 2 is 1.84 bits per heavy atom. The lowest BCUT2D eigenvalue weighted by molar-refractivity contribution is 0.0340. The highest BCUT2D eigenvalue weighted by molar-refractivity contribution is 8.00. The van der Waals surface area contributed by atoms with E-state index in [1.54, 1.807) is 11.8 Å². The summed E-state index contributed by atoms with van der Waals surface area (Å²) in [6, 6.07) is 22.8. The van der Waals surface area contributed by atoms with Crippen molar-refractivity contribution in [2.75, 3.05) is 12.0 Å². The second-order valence-electron chi connectivity index (χ2n) is 8.44. The van der Waals surface area contributed by atoms with Crippen molar-refractivity contribution in [3.63, 3.8) is 0 Å². The molecule has 5 heteroatoms. The zero-order chi connectivity index (χ0) is 22.6. The predicted octanol–water partition coefficient (Wildman–Crippen LogP) is 6.72. The van der Waals surface area contributed by atoms with Crippen molar-refractivity contribution in [2.45, 2.75) is 48.5 Å². The average Bonchev–Trinajstić information content (AvgIpc) is 2.83. The lowest BCUT2D eigenvalue weighted by Gasteiger charge is -2.38. The van der Waals surface area contributed by atoms with Gasteiger partial charge in [0.25, 0.3) is 0 Å². The summed E-state index contributed by atoms with van der Waals surface area (Å²) < 4.78 is 0. The second-order valence-corrected chi connectivity index (χ2v) is 10.4. The summed E-state index contributed by atoms with van der Waals surface area (Å²) in [6.45, 7) is 2.07. The summed E-state index contributed by atoms with van der Waals surface area (Å²) in [5.41, 5.74) is 4.81. The van der Waals surface area contributed by atoms with E-state index in [4.69, 9.17) is 4.98 Å². The van der Waals surface area contributed by atoms with Crippen LogP contribution < -0.4 is 0 Å². The molecule has 32 heavy (non-hydrogen) atoms. The summed E-state index contributed by atoms with van der Waals surface area (Å²) in [4.78, 5) is 4.92. The topological polar surface area (TPSA) is 56.9 Å². The average molecular weight is 461 g/mol. The highest BCUT2D eigenvalue weighted by Crippen LogP contribution is 2.41. The number of pyridine rings is 1. The maximum atomic E-state index is 11.4. The molecule has 0 saturated heterocycles. The number of aryl methyl sites for hydroxylation is 1. The van der Waals surface area contributed by atoms with Gasteiger partial charge in [-0.05, 0) is 37.7 Å². The Morgan fingerprint density at radius 1 is 1.09 bits per heavy atom. The molecule has 1 aromatic heterocycles. The summed E-state index contributed by atoms with van der Waals surface area (Å²) in [7, 11) is 0. The van der Waals surface area contributed by atoms with Crippen molar-refractivity contribution in [1.82, 2.24) is 4.98 Å². The lowest BCUT2D eigenvalue weighted by Crippen LogP contribution is -2.45. The van der Waals surface area contributed by atoms with Gasteiger partial charge in [-0.2, -0.15) is 17.0 Å². The first-order chi connectivity index (χ1) is 15.5. The van der Waals surface area contributed by atoms with Gasteiger partial charge in [-0.15, -0.1) is 11.8 Å². The van der Waals surface area contributed by atoms with Crippen LogP contribution in [0.25, 0.3) is 22.4 Å². The SMILES string of the molecule is CS[C@@H]1CCCC[C@@]1(O)CSc1nc(-c2ccc(C)cc2)cc(-c2ccccc2)c1C#N. The minimum atomic E-state index is -0.733. The first kappa shape index (κ1) is 22.9. The molecule has 0 spiro atoms. The van der Waals surface area contributed by atoms with Gasteiger partial charge in [0.1, 0.15) is 11.1 Å². The molecule has 1 saturated carbocycles. The number of benzene rings is 2. The minimum absolute atomic E-state index is 0.225. The molecule has 2 atom stereocenters. The Labute approximate surface area is 199 Å². The van der Waals surface area contributed by atoms with Crippen molar-refractivity contribution < 1.29 is 5.11 Å². The van der Waals surface area contributed by atoms with E-state index in [9.17, 15) is 10.4 Å². The number of nitrogens with zero attached hydrogens (tertiary/aromatic N) is 2. The molecule has 164 valence electrons. The second kappa shape index (κ2) is 10.1. The Bertz CT molecular complexity index is 1110. The van der Waals surface area contributed by atoms with E-state index in [-0.39, 0.29) is 5.25 Å². The minimum Gasteiger partial charge on any atom is -0.388 e. The molecule has 2 aromatic carbocycles. The number of rotatable bonds is 6. The number of aliphatic hydroxyl groups is 1. The standard InChI is InChI=1S/C27H28N2OS2/c1-19-11-13-21(14-12-19)24-16-22(20-8-4-3-5-9-20)23(17-28)26(29-24)32-18-27(30)15-7-6-10-25(27)31-2/h3-5,8-9,11-14,16,25,30H,6-7,10,15,18H2,1-2H3/t25-,27-/m1/s1. The normalized spacial score (nSPS) is 20.6. The number of thioether (sulfide) groups is 2. The van der Waals surface area contributed by atoms with Gasteiger partial charge in [0, 0.05) is 22.1 Å². The highest BCUT2D eigenvalue weighted by atomic mass is 32.2. The van der Waals surface area contributed by atoms with Gasteiger partial charge in [0.05, 0.1) is 16.9 Å². The Morgan fingerprint density at radius 3 is 2.53 bits per heavy atom. The number of hydrogen-bond donors (Lipinski definition) is 1. The molecule has 3 nitrogen and oxygen atoms in total. The van der Waals surface area contributed by atoms with E-state index < -0.39 is 5.60 Å². The monoisotopic (exact) mass is 460 g/mol. The van der Waals surface area contributed by atoms with Crippen LogP contribution in [0.2, 0.25) is 0 Å². The van der Waals surface area contributed by atoms with Gasteiger partial charge < -0.3 is 5.11 Å². The Balaban J connectivity index is 1.77. The first-order valence-corrected chi connectivity index (χ1v) is 13.3. The van der Waals surface area contributed by atoms with Crippen LogP contribution in [0, 0.1) is 18.3 Å². The fraction of sp³-hybridized carbons (Fsp3) is 0.333. The molecular formula is C27H28N2OS2. The quantitative estimate of drug-likeness (QED) is 0.414. The number of aromatic nitrogens is 1. The third kappa shape index (κ3) is 4.88. The molecule has 0 radical (unpaired) electrons. The molecule has 0 unspecified atom stereocenters. The number of hydrogen-bond acceptors (Lipinski definition) is 5. The molecule has 3 aromatic rings. The van der Waals surface area contributed by atoms with Crippen LogP contribution in [0.3, 0.4) is 0 Å². The fourth-order valence-electron chi connectivity index (χ4n) is 4.34. The molecule has 1 aliphatic rings. The van der Waals surface area contributed by atoms with Gasteiger partial charge in [-0.25, -0.2) is 4.98 Å². The summed E-state index contributed by atoms with van der Waals surface area (Å²) in [5.74, 6) is 0.547. The van der Waals surface area contributed by atoms with E-state index in [2.05, 4.69) is 43.5 Å². The van der Waals surface area contributed by atoms with E-state index >= 15 is 0 Å². The summed E-state index contributed by atoms with van der Waals surface area (Å²) >= 11 is 3.27. The molecule has 1 fully saturated rings. The van der Waals surface area contributed by atoms with E-state index in [1.165, 1.54) is 23.7 Å². The summed E-state index contributed by atoms with van der Waals surface area (Å²) in [5, 5.41) is 22.4. The molecule has 0 aliphatic heterocycles. The van der Waals surface area contributed by atoms with Crippen LogP contribution in [0.15, 0.2) is 65.7 Å². The van der Waals surface area contributed by atoms with Crippen LogP contribution in [-0.4, -0.2) is 33.0 Å². The van der Waals surface area contributed by atoms with Crippen molar-refractivity contribution in [3.8, 4) is 28.5 Å². The van der Waals surface area contributed by atoms with Crippen LogP contribution in [-0.2, 0) is 0 Å². The maximum Gasteiger partial charge on any atom is 0.115 e. The lowest BCUT2D eigenvalue weighted by atomic mass is 9.86. The molecule has 4 rings (SSSR count). The van der Waals surface area contributed by atoms with E-state index in [1.807, 2.05) is 36.4 Å². The third-order valence-electron chi connectivity index (χ3n) is 6.20. The van der Waals surface area contributed by atoms with Gasteiger partial charge in [0.2, 0.25) is 0 Å². The molecule has 0 amide bonds. The van der Waals surface area contributed by atoms with Crippen LogP contribution >= 0.6 is 23.5 Å². The molecule has 1 N–H and O–H groups in total. The fourth-order valence-corrected chi connectivity index (χ4v) is 6.68. The Kier molecular flexibility index (Phi) is 7.25. The van der Waals surface area contributed by atoms with Crippen molar-refractivity contribution in [1.29, 1.82) is 5.26 Å². The summed E-state index contributed by atoms with van der Waals surface area (Å²) in [6.07, 6.45) is 6.13. The molecular weight excluding hydrogens is 432 g/mol. The van der Waals surface area contributed by atoms with Crippen molar-refractivity contribution in [3.05, 3.63) is 71.8 Å². The van der Waals surface area contributed by atoms with Gasteiger partial charge >= 0.3 is 0 Å². The predicted molar refractivity (Wildman–Crippen MR) is 136 cm³/mol. The van der Waals surface area contributed by atoms with Crippen LogP contribution in [0.1, 0.15) is 36.8 Å². The zero-order valence-corrected chi connectivity index (χ0v) is 20.2. The van der Waals surface area contributed by atoms with Crippen LogP contribution in [0.5, 0.6) is 0 Å².